The lowest BCUT2D eigenvalue weighted by Gasteiger charge is -2.26. The van der Waals surface area contributed by atoms with E-state index >= 15 is 0 Å². The fourth-order valence-electron chi connectivity index (χ4n) is 2.87. The molecule has 0 saturated carbocycles. The van der Waals surface area contributed by atoms with E-state index < -0.39 is 0 Å². The molecule has 124 valence electrons. The highest BCUT2D eigenvalue weighted by Crippen LogP contribution is 2.38. The van der Waals surface area contributed by atoms with Gasteiger partial charge in [0.05, 0.1) is 12.3 Å². The summed E-state index contributed by atoms with van der Waals surface area (Å²) < 4.78 is 4.93. The molecule has 1 atom stereocenters. The van der Waals surface area contributed by atoms with Gasteiger partial charge >= 0.3 is 6.09 Å². The summed E-state index contributed by atoms with van der Waals surface area (Å²) in [6.45, 7) is 6.49. The maximum absolute atomic E-state index is 12.2. The van der Waals surface area contributed by atoms with E-state index in [1.165, 1.54) is 5.56 Å². The highest BCUT2D eigenvalue weighted by molar-refractivity contribution is 8.00. The molecule has 5 nitrogen and oxygen atoms in total. The molecule has 3 rings (SSSR count). The number of rotatable bonds is 5. The summed E-state index contributed by atoms with van der Waals surface area (Å²) in [4.78, 5) is 27.2. The van der Waals surface area contributed by atoms with Gasteiger partial charge in [-0.25, -0.2) is 4.79 Å². The number of hydrogen-bond donors (Lipinski definition) is 0. The summed E-state index contributed by atoms with van der Waals surface area (Å²) in [7, 11) is 0. The summed E-state index contributed by atoms with van der Waals surface area (Å²) in [5.41, 5.74) is 2.45. The first-order valence-electron chi connectivity index (χ1n) is 7.99. The first-order chi connectivity index (χ1) is 11.1. The van der Waals surface area contributed by atoms with Crippen LogP contribution in [0.1, 0.15) is 36.3 Å². The SMILES string of the molecule is CC(C)c1ccc(C2SCC(=O)N2CCN2CCOC2=O)cc1. The Morgan fingerprint density at radius 2 is 1.96 bits per heavy atom. The van der Waals surface area contributed by atoms with Crippen LogP contribution in [0.15, 0.2) is 24.3 Å². The van der Waals surface area contributed by atoms with Crippen LogP contribution in [0, 0.1) is 0 Å². The zero-order valence-electron chi connectivity index (χ0n) is 13.5. The Labute approximate surface area is 141 Å². The van der Waals surface area contributed by atoms with Crippen molar-refractivity contribution in [2.75, 3.05) is 32.0 Å². The van der Waals surface area contributed by atoms with Gasteiger partial charge in [0.2, 0.25) is 5.91 Å². The second-order valence-corrected chi connectivity index (χ2v) is 7.24. The normalized spacial score (nSPS) is 21.4. The number of cyclic esters (lactones) is 1. The molecular formula is C17H22N2O3S. The maximum atomic E-state index is 12.2. The quantitative estimate of drug-likeness (QED) is 0.831. The van der Waals surface area contributed by atoms with Gasteiger partial charge in [-0.3, -0.25) is 4.79 Å². The number of thioether (sulfide) groups is 1. The molecule has 0 spiro atoms. The van der Waals surface area contributed by atoms with E-state index in [2.05, 4.69) is 38.1 Å². The zero-order valence-corrected chi connectivity index (χ0v) is 14.3. The van der Waals surface area contributed by atoms with Gasteiger partial charge in [-0.1, -0.05) is 38.1 Å². The van der Waals surface area contributed by atoms with Crippen LogP contribution in [0.4, 0.5) is 4.79 Å². The molecule has 6 heteroatoms. The van der Waals surface area contributed by atoms with E-state index in [1.807, 2.05) is 4.90 Å². The second-order valence-electron chi connectivity index (χ2n) is 6.17. The van der Waals surface area contributed by atoms with Crippen LogP contribution >= 0.6 is 11.8 Å². The predicted molar refractivity (Wildman–Crippen MR) is 90.4 cm³/mol. The summed E-state index contributed by atoms with van der Waals surface area (Å²) in [5.74, 6) is 1.14. The number of benzene rings is 1. The Hall–Kier alpha value is -1.69. The standard InChI is InChI=1S/C17H22N2O3S/c1-12(2)13-3-5-14(6-4-13)16-19(15(20)11-23-16)8-7-18-9-10-22-17(18)21/h3-6,12,16H,7-11H2,1-2H3. The molecule has 1 unspecified atom stereocenters. The van der Waals surface area contributed by atoms with Crippen molar-refractivity contribution in [2.24, 2.45) is 0 Å². The van der Waals surface area contributed by atoms with Gasteiger partial charge < -0.3 is 14.5 Å². The monoisotopic (exact) mass is 334 g/mol. The third kappa shape index (κ3) is 3.47. The second kappa shape index (κ2) is 6.83. The highest BCUT2D eigenvalue weighted by Gasteiger charge is 2.33. The molecule has 23 heavy (non-hydrogen) atoms. The first kappa shape index (κ1) is 16.2. The van der Waals surface area contributed by atoms with Crippen molar-refractivity contribution < 1.29 is 14.3 Å². The highest BCUT2D eigenvalue weighted by atomic mass is 32.2. The van der Waals surface area contributed by atoms with E-state index in [-0.39, 0.29) is 17.4 Å². The lowest BCUT2D eigenvalue weighted by atomic mass is 10.0. The van der Waals surface area contributed by atoms with Gasteiger partial charge in [-0.15, -0.1) is 11.8 Å². The number of ether oxygens (including phenoxy) is 1. The Kier molecular flexibility index (Phi) is 4.80. The minimum absolute atomic E-state index is 0.0438. The van der Waals surface area contributed by atoms with Crippen molar-refractivity contribution in [1.82, 2.24) is 9.80 Å². The number of nitrogens with zero attached hydrogens (tertiary/aromatic N) is 2. The third-order valence-corrected chi connectivity index (χ3v) is 5.57. The van der Waals surface area contributed by atoms with E-state index in [1.54, 1.807) is 16.7 Å². The lowest BCUT2D eigenvalue weighted by molar-refractivity contribution is -0.128. The topological polar surface area (TPSA) is 49.9 Å². The summed E-state index contributed by atoms with van der Waals surface area (Å²) >= 11 is 1.65. The first-order valence-corrected chi connectivity index (χ1v) is 9.04. The number of hydrogen-bond acceptors (Lipinski definition) is 4. The van der Waals surface area contributed by atoms with Gasteiger partial charge in [-0.05, 0) is 17.0 Å². The summed E-state index contributed by atoms with van der Waals surface area (Å²) in [6.07, 6.45) is -0.276. The van der Waals surface area contributed by atoms with Crippen LogP contribution in [-0.2, 0) is 9.53 Å². The van der Waals surface area contributed by atoms with E-state index in [0.29, 0.717) is 37.9 Å². The molecular weight excluding hydrogens is 312 g/mol. The Morgan fingerprint density at radius 1 is 1.22 bits per heavy atom. The van der Waals surface area contributed by atoms with Crippen LogP contribution in [0.5, 0.6) is 0 Å². The van der Waals surface area contributed by atoms with Crippen LogP contribution in [0.3, 0.4) is 0 Å². The fraction of sp³-hybridized carbons (Fsp3) is 0.529. The van der Waals surface area contributed by atoms with Gasteiger partial charge in [-0.2, -0.15) is 0 Å². The third-order valence-electron chi connectivity index (χ3n) is 4.31. The Morgan fingerprint density at radius 3 is 2.57 bits per heavy atom. The van der Waals surface area contributed by atoms with Gasteiger partial charge in [0.1, 0.15) is 12.0 Å². The van der Waals surface area contributed by atoms with Crippen LogP contribution in [0.2, 0.25) is 0 Å². The van der Waals surface area contributed by atoms with Crippen molar-refractivity contribution >= 4 is 23.8 Å². The lowest BCUT2D eigenvalue weighted by Crippen LogP contribution is -2.37. The minimum Gasteiger partial charge on any atom is -0.448 e. The van der Waals surface area contributed by atoms with Crippen molar-refractivity contribution in [2.45, 2.75) is 25.1 Å². The Balaban J connectivity index is 1.67. The van der Waals surface area contributed by atoms with Crippen LogP contribution in [0.25, 0.3) is 0 Å². The fourth-order valence-corrected chi connectivity index (χ4v) is 4.09. The molecule has 1 aromatic rings. The summed E-state index contributed by atoms with van der Waals surface area (Å²) in [6, 6.07) is 8.50. The number of carbonyl (C=O) groups is 2. The molecule has 2 heterocycles. The average molecular weight is 334 g/mol. The van der Waals surface area contributed by atoms with Crippen molar-refractivity contribution in [3.63, 3.8) is 0 Å². The van der Waals surface area contributed by atoms with E-state index in [4.69, 9.17) is 4.74 Å². The van der Waals surface area contributed by atoms with E-state index in [9.17, 15) is 9.59 Å². The van der Waals surface area contributed by atoms with Crippen LogP contribution < -0.4 is 0 Å². The molecule has 0 radical (unpaired) electrons. The van der Waals surface area contributed by atoms with Crippen molar-refractivity contribution in [3.8, 4) is 0 Å². The van der Waals surface area contributed by atoms with Gasteiger partial charge in [0.15, 0.2) is 0 Å². The van der Waals surface area contributed by atoms with Crippen LogP contribution in [-0.4, -0.2) is 53.8 Å². The molecule has 1 aromatic carbocycles. The van der Waals surface area contributed by atoms with Crippen molar-refractivity contribution in [3.05, 3.63) is 35.4 Å². The van der Waals surface area contributed by atoms with Gasteiger partial charge in [0, 0.05) is 13.1 Å². The minimum atomic E-state index is -0.276. The molecule has 0 N–H and O–H groups in total. The molecule has 2 amide bonds. The molecule has 2 aliphatic heterocycles. The maximum Gasteiger partial charge on any atom is 0.409 e. The molecule has 2 saturated heterocycles. The largest absolute Gasteiger partial charge is 0.448 e. The molecule has 2 aliphatic rings. The molecule has 0 aliphatic carbocycles. The average Bonchev–Trinajstić information content (AvgIpc) is 3.11. The smallest absolute Gasteiger partial charge is 0.409 e. The molecule has 0 bridgehead atoms. The number of amides is 2. The summed E-state index contributed by atoms with van der Waals surface area (Å²) in [5, 5.41) is 0.0438. The number of carbonyl (C=O) groups excluding carboxylic acids is 2. The predicted octanol–water partition coefficient (Wildman–Crippen LogP) is 2.84. The molecule has 0 aromatic heterocycles. The van der Waals surface area contributed by atoms with E-state index in [0.717, 1.165) is 5.56 Å². The zero-order chi connectivity index (χ0) is 16.4. The van der Waals surface area contributed by atoms with Gasteiger partial charge in [0.25, 0.3) is 0 Å². The Bertz CT molecular complexity index is 588. The molecule has 2 fully saturated rings. The van der Waals surface area contributed by atoms with Crippen molar-refractivity contribution in [1.29, 1.82) is 0 Å².